The van der Waals surface area contributed by atoms with E-state index in [1.54, 1.807) is 0 Å². The molecule has 3 aliphatic heterocycles. The molecule has 1 N–H and O–H groups in total. The van der Waals surface area contributed by atoms with Crippen LogP contribution in [0.15, 0.2) is 43.1 Å². The van der Waals surface area contributed by atoms with Crippen LogP contribution < -0.4 is 0 Å². The van der Waals surface area contributed by atoms with Crippen molar-refractivity contribution in [2.75, 3.05) is 13.1 Å². The smallest absolute Gasteiger partial charge is 0.0952 e. The lowest BCUT2D eigenvalue weighted by molar-refractivity contribution is -0.0444. The molecule has 0 amide bonds. The van der Waals surface area contributed by atoms with Crippen LogP contribution >= 0.6 is 0 Å². The first-order valence-electron chi connectivity index (χ1n) is 8.57. The number of aromatic nitrogens is 1. The molecule has 1 aromatic heterocycles. The summed E-state index contributed by atoms with van der Waals surface area (Å²) in [5.74, 6) is 1.26. The van der Waals surface area contributed by atoms with Crippen LogP contribution in [0, 0.1) is 18.8 Å². The molecule has 0 saturated carbocycles. The van der Waals surface area contributed by atoms with Crippen LogP contribution in [0.3, 0.4) is 0 Å². The summed E-state index contributed by atoms with van der Waals surface area (Å²) in [6.45, 7) is 8.21. The van der Waals surface area contributed by atoms with E-state index in [0.29, 0.717) is 11.8 Å². The summed E-state index contributed by atoms with van der Waals surface area (Å²) in [6, 6.07) is 8.47. The van der Waals surface area contributed by atoms with Gasteiger partial charge in [0.05, 0.1) is 11.6 Å². The average molecular weight is 308 g/mol. The Morgan fingerprint density at radius 2 is 2.26 bits per heavy atom. The van der Waals surface area contributed by atoms with Gasteiger partial charge in [-0.2, -0.15) is 0 Å². The lowest BCUT2D eigenvalue weighted by atomic mass is 9.73. The van der Waals surface area contributed by atoms with E-state index in [4.69, 9.17) is 0 Å². The summed E-state index contributed by atoms with van der Waals surface area (Å²) >= 11 is 0. The molecule has 3 aliphatic rings. The number of piperidine rings is 3. The van der Waals surface area contributed by atoms with Crippen LogP contribution in [-0.4, -0.2) is 34.1 Å². The normalized spacial score (nSPS) is 31.2. The summed E-state index contributed by atoms with van der Waals surface area (Å²) in [5, 5.41) is 12.2. The van der Waals surface area contributed by atoms with E-state index in [1.807, 2.05) is 18.3 Å². The van der Waals surface area contributed by atoms with Crippen LogP contribution in [0.5, 0.6) is 0 Å². The predicted molar refractivity (Wildman–Crippen MR) is 93.2 cm³/mol. The standard InChI is InChI=1S/C20H24N2O/c1-3-14-12-22-9-7-15(14)11-19(22)20(23)16-6-8-21-18-5-4-13(2)10-17(16)18/h3-6,8,10,14-15,19-20,23H,1,7,9,11-12H2,2H3/t14?,15-,19-,20+/m0/s1. The molecule has 23 heavy (non-hydrogen) atoms. The number of aliphatic hydroxyl groups is 1. The molecule has 3 saturated heterocycles. The Bertz CT molecular complexity index is 741. The molecule has 3 nitrogen and oxygen atoms in total. The van der Waals surface area contributed by atoms with Crippen molar-refractivity contribution < 1.29 is 5.11 Å². The van der Waals surface area contributed by atoms with E-state index in [1.165, 1.54) is 12.0 Å². The molecular weight excluding hydrogens is 284 g/mol. The number of hydrogen-bond donors (Lipinski definition) is 1. The summed E-state index contributed by atoms with van der Waals surface area (Å²) in [5.41, 5.74) is 3.19. The van der Waals surface area contributed by atoms with Crippen molar-refractivity contribution >= 4 is 10.9 Å². The highest BCUT2D eigenvalue weighted by atomic mass is 16.3. The van der Waals surface area contributed by atoms with E-state index in [9.17, 15) is 5.11 Å². The van der Waals surface area contributed by atoms with Crippen LogP contribution in [0.4, 0.5) is 0 Å². The molecule has 2 unspecified atom stereocenters. The molecule has 2 aromatic rings. The average Bonchev–Trinajstić information content (AvgIpc) is 2.60. The van der Waals surface area contributed by atoms with Gasteiger partial charge in [-0.25, -0.2) is 0 Å². The van der Waals surface area contributed by atoms with Gasteiger partial charge in [-0.15, -0.1) is 6.58 Å². The first kappa shape index (κ1) is 14.9. The molecule has 4 heterocycles. The molecule has 0 aliphatic carbocycles. The minimum absolute atomic E-state index is 0.219. The Hall–Kier alpha value is -1.71. The molecule has 5 rings (SSSR count). The van der Waals surface area contributed by atoms with Gasteiger partial charge in [-0.05, 0) is 61.9 Å². The van der Waals surface area contributed by atoms with Gasteiger partial charge in [0.1, 0.15) is 0 Å². The zero-order valence-corrected chi connectivity index (χ0v) is 13.7. The maximum absolute atomic E-state index is 11.1. The fourth-order valence-corrected chi connectivity index (χ4v) is 4.45. The molecule has 120 valence electrons. The largest absolute Gasteiger partial charge is 0.387 e. The summed E-state index contributed by atoms with van der Waals surface area (Å²) in [7, 11) is 0. The number of nitrogens with zero attached hydrogens (tertiary/aromatic N) is 2. The van der Waals surface area contributed by atoms with Crippen LogP contribution in [0.25, 0.3) is 10.9 Å². The molecule has 0 spiro atoms. The van der Waals surface area contributed by atoms with Crippen molar-refractivity contribution in [2.24, 2.45) is 11.8 Å². The second kappa shape index (κ2) is 5.73. The Labute approximate surface area is 137 Å². The highest BCUT2D eigenvalue weighted by molar-refractivity contribution is 5.83. The molecule has 5 atom stereocenters. The van der Waals surface area contributed by atoms with Gasteiger partial charge < -0.3 is 5.11 Å². The summed E-state index contributed by atoms with van der Waals surface area (Å²) in [6.07, 6.45) is 5.77. The van der Waals surface area contributed by atoms with Crippen molar-refractivity contribution in [1.82, 2.24) is 9.88 Å². The van der Waals surface area contributed by atoms with Gasteiger partial charge in [0.2, 0.25) is 0 Å². The van der Waals surface area contributed by atoms with Crippen LogP contribution in [0.1, 0.15) is 30.1 Å². The lowest BCUT2D eigenvalue weighted by Gasteiger charge is -2.50. The summed E-state index contributed by atoms with van der Waals surface area (Å²) < 4.78 is 0. The second-order valence-corrected chi connectivity index (χ2v) is 7.11. The number of pyridine rings is 1. The predicted octanol–water partition coefficient (Wildman–Crippen LogP) is 3.47. The Kier molecular flexibility index (Phi) is 3.70. The van der Waals surface area contributed by atoms with Gasteiger partial charge in [0.15, 0.2) is 0 Å². The summed E-state index contributed by atoms with van der Waals surface area (Å²) in [4.78, 5) is 6.90. The molecule has 1 aromatic carbocycles. The fraction of sp³-hybridized carbons (Fsp3) is 0.450. The van der Waals surface area contributed by atoms with Crippen molar-refractivity contribution in [3.05, 3.63) is 54.2 Å². The Morgan fingerprint density at radius 3 is 3.00 bits per heavy atom. The highest BCUT2D eigenvalue weighted by Gasteiger charge is 2.42. The first-order valence-corrected chi connectivity index (χ1v) is 8.57. The Balaban J connectivity index is 1.69. The van der Waals surface area contributed by atoms with Crippen molar-refractivity contribution in [3.63, 3.8) is 0 Å². The third kappa shape index (κ3) is 2.48. The maximum Gasteiger partial charge on any atom is 0.0952 e. The number of aryl methyl sites for hydroxylation is 1. The van der Waals surface area contributed by atoms with Gasteiger partial charge in [0, 0.05) is 24.2 Å². The number of rotatable bonds is 3. The van der Waals surface area contributed by atoms with E-state index in [0.717, 1.165) is 36.0 Å². The van der Waals surface area contributed by atoms with E-state index < -0.39 is 6.10 Å². The van der Waals surface area contributed by atoms with Gasteiger partial charge >= 0.3 is 0 Å². The third-order valence-electron chi connectivity index (χ3n) is 5.77. The first-order chi connectivity index (χ1) is 11.2. The second-order valence-electron chi connectivity index (χ2n) is 7.11. The monoisotopic (exact) mass is 308 g/mol. The molecule has 3 heteroatoms. The van der Waals surface area contributed by atoms with E-state index >= 15 is 0 Å². The molecular formula is C20H24N2O. The zero-order valence-electron chi connectivity index (χ0n) is 13.7. The lowest BCUT2D eigenvalue weighted by Crippen LogP contribution is -2.54. The van der Waals surface area contributed by atoms with Crippen molar-refractivity contribution in [1.29, 1.82) is 0 Å². The highest BCUT2D eigenvalue weighted by Crippen LogP contribution is 2.41. The van der Waals surface area contributed by atoms with Gasteiger partial charge in [-0.3, -0.25) is 9.88 Å². The minimum Gasteiger partial charge on any atom is -0.387 e. The molecule has 0 radical (unpaired) electrons. The molecule has 3 fully saturated rings. The number of fused-ring (bicyclic) bond motifs is 4. The van der Waals surface area contributed by atoms with Crippen molar-refractivity contribution in [3.8, 4) is 0 Å². The number of aliphatic hydroxyl groups excluding tert-OH is 1. The quantitative estimate of drug-likeness (QED) is 0.882. The minimum atomic E-state index is -0.448. The van der Waals surface area contributed by atoms with Gasteiger partial charge in [0.25, 0.3) is 0 Å². The Morgan fingerprint density at radius 1 is 1.39 bits per heavy atom. The van der Waals surface area contributed by atoms with Crippen molar-refractivity contribution in [2.45, 2.75) is 31.9 Å². The number of hydrogen-bond acceptors (Lipinski definition) is 3. The maximum atomic E-state index is 11.1. The SMILES string of the molecule is C=CC1CN2CC[C@H]1C[C@H]2[C@H](O)c1ccnc2ccc(C)cc12. The van der Waals surface area contributed by atoms with E-state index in [2.05, 4.69) is 41.6 Å². The third-order valence-corrected chi connectivity index (χ3v) is 5.77. The van der Waals surface area contributed by atoms with E-state index in [-0.39, 0.29) is 6.04 Å². The number of benzene rings is 1. The van der Waals surface area contributed by atoms with Gasteiger partial charge in [-0.1, -0.05) is 17.7 Å². The topological polar surface area (TPSA) is 36.4 Å². The fourth-order valence-electron chi connectivity index (χ4n) is 4.45. The van der Waals surface area contributed by atoms with Crippen LogP contribution in [0.2, 0.25) is 0 Å². The molecule has 2 bridgehead atoms. The van der Waals surface area contributed by atoms with Crippen LogP contribution in [-0.2, 0) is 0 Å². The zero-order chi connectivity index (χ0) is 16.0.